The lowest BCUT2D eigenvalue weighted by Gasteiger charge is -2.11. The molecule has 0 aromatic heterocycles. The maximum absolute atomic E-state index is 10.5. The number of aliphatic hydroxyl groups excluding tert-OH is 1. The highest BCUT2D eigenvalue weighted by Gasteiger charge is 2.16. The highest BCUT2D eigenvalue weighted by atomic mass is 79.9. The second-order valence-corrected chi connectivity index (χ2v) is 3.50. The summed E-state index contributed by atoms with van der Waals surface area (Å²) in [6.45, 7) is 0. The Morgan fingerprint density at radius 2 is 2.33 bits per heavy atom. The third kappa shape index (κ3) is 2.66. The Bertz CT molecular complexity index is 369. The molecule has 5 nitrogen and oxygen atoms in total. The van der Waals surface area contributed by atoms with E-state index in [1.54, 1.807) is 0 Å². The van der Waals surface area contributed by atoms with Crippen molar-refractivity contribution in [2.45, 2.75) is 6.10 Å². The first-order valence-corrected chi connectivity index (χ1v) is 5.28. The molecule has 0 aliphatic heterocycles. The third-order valence-corrected chi connectivity index (χ3v) is 2.55. The van der Waals surface area contributed by atoms with Crippen LogP contribution >= 0.6 is 15.9 Å². The van der Waals surface area contributed by atoms with E-state index in [1.165, 1.54) is 25.3 Å². The van der Waals surface area contributed by atoms with Crippen molar-refractivity contribution in [3.05, 3.63) is 33.9 Å². The lowest BCUT2D eigenvalue weighted by molar-refractivity contribution is -0.384. The van der Waals surface area contributed by atoms with Crippen LogP contribution in [0.2, 0.25) is 0 Å². The van der Waals surface area contributed by atoms with Gasteiger partial charge in [0.1, 0.15) is 5.75 Å². The second-order valence-electron chi connectivity index (χ2n) is 2.85. The number of ether oxygens (including phenoxy) is 1. The van der Waals surface area contributed by atoms with E-state index >= 15 is 0 Å². The van der Waals surface area contributed by atoms with E-state index in [1.807, 2.05) is 0 Å². The number of alkyl halides is 1. The molecular formula is C9H10BrNO4. The summed E-state index contributed by atoms with van der Waals surface area (Å²) in [6, 6.07) is 4.12. The number of nitro benzene ring substituents is 1. The fourth-order valence-electron chi connectivity index (χ4n) is 1.17. The Morgan fingerprint density at radius 1 is 1.67 bits per heavy atom. The predicted octanol–water partition coefficient (Wildman–Crippen LogP) is 2.03. The van der Waals surface area contributed by atoms with E-state index in [4.69, 9.17) is 4.74 Å². The van der Waals surface area contributed by atoms with Crippen LogP contribution in [0.1, 0.15) is 11.7 Å². The Labute approximate surface area is 95.0 Å². The molecule has 0 spiro atoms. The summed E-state index contributed by atoms with van der Waals surface area (Å²) in [4.78, 5) is 9.99. The van der Waals surface area contributed by atoms with Gasteiger partial charge in [0.15, 0.2) is 0 Å². The molecular weight excluding hydrogens is 266 g/mol. The van der Waals surface area contributed by atoms with Crippen LogP contribution < -0.4 is 4.74 Å². The minimum atomic E-state index is -0.735. The molecule has 6 heteroatoms. The molecule has 0 heterocycles. The van der Waals surface area contributed by atoms with Crippen LogP contribution in [-0.4, -0.2) is 22.5 Å². The molecule has 82 valence electrons. The molecule has 1 unspecified atom stereocenters. The van der Waals surface area contributed by atoms with Gasteiger partial charge in [-0.25, -0.2) is 0 Å². The summed E-state index contributed by atoms with van der Waals surface area (Å²) in [7, 11) is 1.41. The van der Waals surface area contributed by atoms with Crippen molar-refractivity contribution in [1.82, 2.24) is 0 Å². The van der Waals surface area contributed by atoms with Crippen molar-refractivity contribution >= 4 is 21.6 Å². The van der Waals surface area contributed by atoms with Gasteiger partial charge in [0, 0.05) is 17.0 Å². The number of hydrogen-bond acceptors (Lipinski definition) is 4. The average molecular weight is 276 g/mol. The van der Waals surface area contributed by atoms with Gasteiger partial charge in [0.05, 0.1) is 24.2 Å². The van der Waals surface area contributed by atoms with Crippen molar-refractivity contribution < 1.29 is 14.8 Å². The van der Waals surface area contributed by atoms with E-state index in [0.717, 1.165) is 0 Å². The molecule has 0 fully saturated rings. The SMILES string of the molecule is COc1cc([N+](=O)[O-])ccc1C(O)CBr. The molecule has 15 heavy (non-hydrogen) atoms. The molecule has 0 radical (unpaired) electrons. The van der Waals surface area contributed by atoms with Crippen LogP contribution in [0, 0.1) is 10.1 Å². The van der Waals surface area contributed by atoms with Gasteiger partial charge in [-0.2, -0.15) is 0 Å². The van der Waals surface area contributed by atoms with Gasteiger partial charge in [-0.05, 0) is 6.07 Å². The minimum absolute atomic E-state index is 0.0580. The fourth-order valence-corrected chi connectivity index (χ4v) is 1.52. The monoisotopic (exact) mass is 275 g/mol. The number of hydrogen-bond donors (Lipinski definition) is 1. The number of halogens is 1. The zero-order chi connectivity index (χ0) is 11.4. The fraction of sp³-hybridized carbons (Fsp3) is 0.333. The van der Waals surface area contributed by atoms with E-state index in [-0.39, 0.29) is 5.69 Å². The molecule has 0 saturated heterocycles. The molecule has 1 atom stereocenters. The number of methoxy groups -OCH3 is 1. The summed E-state index contributed by atoms with van der Waals surface area (Å²) in [6.07, 6.45) is -0.735. The van der Waals surface area contributed by atoms with Crippen molar-refractivity contribution in [1.29, 1.82) is 0 Å². The molecule has 0 bridgehead atoms. The molecule has 0 saturated carbocycles. The van der Waals surface area contributed by atoms with Crippen LogP contribution in [-0.2, 0) is 0 Å². The van der Waals surface area contributed by atoms with E-state index in [0.29, 0.717) is 16.6 Å². The maximum atomic E-state index is 10.5. The van der Waals surface area contributed by atoms with Gasteiger partial charge in [0.25, 0.3) is 5.69 Å². The van der Waals surface area contributed by atoms with Crippen molar-refractivity contribution in [2.75, 3.05) is 12.4 Å². The number of nitrogens with zero attached hydrogens (tertiary/aromatic N) is 1. The van der Waals surface area contributed by atoms with Crippen LogP contribution in [0.25, 0.3) is 0 Å². The topological polar surface area (TPSA) is 72.6 Å². The smallest absolute Gasteiger partial charge is 0.273 e. The third-order valence-electron chi connectivity index (χ3n) is 1.93. The molecule has 1 aromatic rings. The normalized spacial score (nSPS) is 12.2. The van der Waals surface area contributed by atoms with Crippen LogP contribution in [0.15, 0.2) is 18.2 Å². The van der Waals surface area contributed by atoms with Crippen molar-refractivity contribution in [3.63, 3.8) is 0 Å². The Kier molecular flexibility index (Phi) is 4.05. The largest absolute Gasteiger partial charge is 0.496 e. The highest BCUT2D eigenvalue weighted by molar-refractivity contribution is 9.09. The first kappa shape index (κ1) is 11.9. The number of rotatable bonds is 4. The molecule has 0 amide bonds. The predicted molar refractivity (Wildman–Crippen MR) is 58.4 cm³/mol. The number of aliphatic hydroxyl groups is 1. The first-order chi connectivity index (χ1) is 7.10. The van der Waals surface area contributed by atoms with Gasteiger partial charge in [-0.1, -0.05) is 15.9 Å². The van der Waals surface area contributed by atoms with Gasteiger partial charge < -0.3 is 9.84 Å². The second kappa shape index (κ2) is 5.09. The summed E-state index contributed by atoms with van der Waals surface area (Å²) in [5.41, 5.74) is 0.470. The Morgan fingerprint density at radius 3 is 2.80 bits per heavy atom. The molecule has 1 rings (SSSR count). The maximum Gasteiger partial charge on any atom is 0.273 e. The van der Waals surface area contributed by atoms with E-state index in [2.05, 4.69) is 15.9 Å². The number of benzene rings is 1. The Balaban J connectivity index is 3.14. The van der Waals surface area contributed by atoms with E-state index < -0.39 is 11.0 Å². The lowest BCUT2D eigenvalue weighted by Crippen LogP contribution is -2.02. The summed E-state index contributed by atoms with van der Waals surface area (Å²) >= 11 is 3.12. The van der Waals surface area contributed by atoms with Crippen LogP contribution in [0.5, 0.6) is 5.75 Å². The number of nitro groups is 1. The van der Waals surface area contributed by atoms with Gasteiger partial charge in [-0.15, -0.1) is 0 Å². The standard InChI is InChI=1S/C9H10BrNO4/c1-15-9-4-6(11(13)14)2-3-7(9)8(12)5-10/h2-4,8,12H,5H2,1H3. The zero-order valence-corrected chi connectivity index (χ0v) is 9.60. The zero-order valence-electron chi connectivity index (χ0n) is 8.01. The van der Waals surface area contributed by atoms with Crippen molar-refractivity contribution in [3.8, 4) is 5.75 Å². The quantitative estimate of drug-likeness (QED) is 0.519. The molecule has 1 aromatic carbocycles. The van der Waals surface area contributed by atoms with Gasteiger partial charge in [-0.3, -0.25) is 10.1 Å². The molecule has 0 aliphatic rings. The summed E-state index contributed by atoms with van der Waals surface area (Å²) in [5.74, 6) is 0.316. The first-order valence-electron chi connectivity index (χ1n) is 4.16. The van der Waals surface area contributed by atoms with Gasteiger partial charge >= 0.3 is 0 Å². The minimum Gasteiger partial charge on any atom is -0.496 e. The molecule has 1 N–H and O–H groups in total. The van der Waals surface area contributed by atoms with Crippen LogP contribution in [0.3, 0.4) is 0 Å². The highest BCUT2D eigenvalue weighted by Crippen LogP contribution is 2.29. The van der Waals surface area contributed by atoms with Crippen molar-refractivity contribution in [2.24, 2.45) is 0 Å². The average Bonchev–Trinajstić information content (AvgIpc) is 2.27. The number of non-ortho nitro benzene ring substituents is 1. The molecule has 0 aliphatic carbocycles. The summed E-state index contributed by atoms with van der Waals surface area (Å²) in [5, 5.41) is 20.4. The lowest BCUT2D eigenvalue weighted by atomic mass is 10.1. The Hall–Kier alpha value is -1.14. The summed E-state index contributed by atoms with van der Waals surface area (Å²) < 4.78 is 4.97. The van der Waals surface area contributed by atoms with Crippen LogP contribution in [0.4, 0.5) is 5.69 Å². The van der Waals surface area contributed by atoms with E-state index in [9.17, 15) is 15.2 Å². The van der Waals surface area contributed by atoms with Gasteiger partial charge in [0.2, 0.25) is 0 Å².